The number of aryl methyl sites for hydroxylation is 1. The van der Waals surface area contributed by atoms with Gasteiger partial charge in [0.15, 0.2) is 0 Å². The first kappa shape index (κ1) is 17.8. The van der Waals surface area contributed by atoms with Crippen LogP contribution in [0.5, 0.6) is 0 Å². The number of hydrogen-bond donors (Lipinski definition) is 2. The summed E-state index contributed by atoms with van der Waals surface area (Å²) in [7, 11) is 0. The molecule has 28 heavy (non-hydrogen) atoms. The van der Waals surface area contributed by atoms with Gasteiger partial charge in [-0.25, -0.2) is 4.98 Å². The lowest BCUT2D eigenvalue weighted by Gasteiger charge is -2.19. The van der Waals surface area contributed by atoms with Crippen LogP contribution in [-0.2, 0) is 11.3 Å². The number of aromatic nitrogens is 3. The molecule has 0 spiro atoms. The molecule has 2 heterocycles. The quantitative estimate of drug-likeness (QED) is 0.540. The first-order chi connectivity index (χ1) is 13.5. The van der Waals surface area contributed by atoms with Gasteiger partial charge in [0.25, 0.3) is 5.91 Å². The normalized spacial score (nSPS) is 12.5. The highest BCUT2D eigenvalue weighted by molar-refractivity contribution is 6.15. The van der Waals surface area contributed by atoms with Crippen LogP contribution < -0.4 is 11.5 Å². The maximum atomic E-state index is 12.3. The molecule has 0 aliphatic rings. The largest absolute Gasteiger partial charge is 0.370 e. The van der Waals surface area contributed by atoms with Crippen LogP contribution in [0.4, 0.5) is 0 Å². The molecule has 2 amide bonds. The molecule has 0 aliphatic carbocycles. The number of imidazole rings is 1. The van der Waals surface area contributed by atoms with Crippen molar-refractivity contribution >= 4 is 33.6 Å². The fourth-order valence-electron chi connectivity index (χ4n) is 3.96. The third-order valence-electron chi connectivity index (χ3n) is 5.13. The van der Waals surface area contributed by atoms with Crippen LogP contribution in [-0.4, -0.2) is 25.9 Å². The average Bonchev–Trinajstić information content (AvgIpc) is 3.31. The van der Waals surface area contributed by atoms with Gasteiger partial charge in [-0.05, 0) is 30.7 Å². The van der Waals surface area contributed by atoms with Crippen molar-refractivity contribution in [3.8, 4) is 0 Å². The number of benzene rings is 2. The van der Waals surface area contributed by atoms with Crippen molar-refractivity contribution < 1.29 is 9.59 Å². The first-order valence-electron chi connectivity index (χ1n) is 9.11. The molecule has 4 aromatic rings. The van der Waals surface area contributed by atoms with Gasteiger partial charge in [-0.2, -0.15) is 0 Å². The van der Waals surface area contributed by atoms with Crippen molar-refractivity contribution in [3.05, 3.63) is 66.2 Å². The van der Waals surface area contributed by atoms with Gasteiger partial charge in [0.05, 0.1) is 29.9 Å². The summed E-state index contributed by atoms with van der Waals surface area (Å²) < 4.78 is 3.91. The zero-order valence-corrected chi connectivity index (χ0v) is 15.5. The number of primary amides is 2. The molecule has 2 aromatic heterocycles. The Balaban J connectivity index is 2.06. The molecule has 0 saturated heterocycles. The molecule has 4 rings (SSSR count). The minimum Gasteiger partial charge on any atom is -0.370 e. The number of hydrogen-bond acceptors (Lipinski definition) is 3. The fourth-order valence-corrected chi connectivity index (χ4v) is 3.96. The molecule has 2 aromatic carbocycles. The van der Waals surface area contributed by atoms with Crippen molar-refractivity contribution in [2.24, 2.45) is 11.5 Å². The molecule has 0 fully saturated rings. The highest BCUT2D eigenvalue weighted by Gasteiger charge is 2.22. The zero-order valence-electron chi connectivity index (χ0n) is 15.5. The standard InChI is InChI=1S/C21H21N5O2/c1-2-26-17-6-4-3-5-14(17)15-9-13(10-16(20(15)26)21(23)28)18(11-19(22)27)25-8-7-24-12-25/h3-10,12,18H,2,11H2,1H3,(H2,22,27)(H2,23,28). The Hall–Kier alpha value is -3.61. The summed E-state index contributed by atoms with van der Waals surface area (Å²) in [6, 6.07) is 11.4. The van der Waals surface area contributed by atoms with Gasteiger partial charge in [0.1, 0.15) is 0 Å². The molecule has 0 bridgehead atoms. The Morgan fingerprint density at radius 3 is 2.57 bits per heavy atom. The number of amides is 2. The van der Waals surface area contributed by atoms with E-state index in [1.165, 1.54) is 0 Å². The van der Waals surface area contributed by atoms with Crippen LogP contribution in [0, 0.1) is 0 Å². The van der Waals surface area contributed by atoms with Gasteiger partial charge in [0, 0.05) is 35.2 Å². The second-order valence-electron chi connectivity index (χ2n) is 6.79. The summed E-state index contributed by atoms with van der Waals surface area (Å²) in [5.41, 5.74) is 14.3. The molecule has 0 radical (unpaired) electrons. The van der Waals surface area contributed by atoms with Crippen molar-refractivity contribution in [2.45, 2.75) is 25.9 Å². The number of carbonyl (C=O) groups excluding carboxylic acids is 2. The van der Waals surface area contributed by atoms with E-state index in [1.54, 1.807) is 24.8 Å². The van der Waals surface area contributed by atoms with Crippen molar-refractivity contribution in [2.75, 3.05) is 0 Å². The Morgan fingerprint density at radius 2 is 1.93 bits per heavy atom. The molecule has 1 unspecified atom stereocenters. The third kappa shape index (κ3) is 2.81. The number of carbonyl (C=O) groups is 2. The highest BCUT2D eigenvalue weighted by atomic mass is 16.1. The minimum absolute atomic E-state index is 0.0898. The Morgan fingerprint density at radius 1 is 1.14 bits per heavy atom. The SMILES string of the molecule is CCn1c2ccccc2c2cc(C(CC(N)=O)n3ccnc3)cc(C(N)=O)c21. The predicted octanol–water partition coefficient (Wildman–Crippen LogP) is 2.57. The number of rotatable bonds is 6. The molecular formula is C21H21N5O2. The van der Waals surface area contributed by atoms with Gasteiger partial charge in [0.2, 0.25) is 5.91 Å². The van der Waals surface area contributed by atoms with Crippen LogP contribution in [0.3, 0.4) is 0 Å². The highest BCUT2D eigenvalue weighted by Crippen LogP contribution is 2.35. The van der Waals surface area contributed by atoms with Crippen LogP contribution in [0.15, 0.2) is 55.1 Å². The number of nitrogens with two attached hydrogens (primary N) is 2. The zero-order chi connectivity index (χ0) is 19.8. The molecule has 7 nitrogen and oxygen atoms in total. The maximum absolute atomic E-state index is 12.3. The predicted molar refractivity (Wildman–Crippen MR) is 108 cm³/mol. The topological polar surface area (TPSA) is 109 Å². The number of para-hydroxylation sites is 1. The van der Waals surface area contributed by atoms with Gasteiger partial charge in [-0.3, -0.25) is 9.59 Å². The average molecular weight is 375 g/mol. The van der Waals surface area contributed by atoms with Gasteiger partial charge >= 0.3 is 0 Å². The van der Waals surface area contributed by atoms with E-state index in [0.29, 0.717) is 12.1 Å². The van der Waals surface area contributed by atoms with Crippen molar-refractivity contribution in [1.29, 1.82) is 0 Å². The Bertz CT molecular complexity index is 1190. The molecular weight excluding hydrogens is 354 g/mol. The molecule has 142 valence electrons. The molecule has 1 atom stereocenters. The van der Waals surface area contributed by atoms with E-state index in [9.17, 15) is 9.59 Å². The molecule has 4 N–H and O–H groups in total. The van der Waals surface area contributed by atoms with E-state index < -0.39 is 11.8 Å². The third-order valence-corrected chi connectivity index (χ3v) is 5.13. The van der Waals surface area contributed by atoms with Crippen molar-refractivity contribution in [1.82, 2.24) is 14.1 Å². The number of fused-ring (bicyclic) bond motifs is 3. The van der Waals surface area contributed by atoms with Gasteiger partial charge in [-0.15, -0.1) is 0 Å². The Kier molecular flexibility index (Phi) is 4.35. The fraction of sp³-hybridized carbons (Fsp3) is 0.190. The molecule has 7 heteroatoms. The lowest BCUT2D eigenvalue weighted by Crippen LogP contribution is -2.21. The van der Waals surface area contributed by atoms with E-state index in [2.05, 4.69) is 9.55 Å². The lowest BCUT2D eigenvalue weighted by atomic mass is 9.97. The summed E-state index contributed by atoms with van der Waals surface area (Å²) in [4.78, 5) is 28.1. The number of nitrogens with zero attached hydrogens (tertiary/aromatic N) is 3. The van der Waals surface area contributed by atoms with E-state index in [-0.39, 0.29) is 12.5 Å². The monoisotopic (exact) mass is 375 g/mol. The van der Waals surface area contributed by atoms with E-state index in [4.69, 9.17) is 11.5 Å². The smallest absolute Gasteiger partial charge is 0.250 e. The first-order valence-corrected chi connectivity index (χ1v) is 9.11. The Labute approximate surface area is 161 Å². The summed E-state index contributed by atoms with van der Waals surface area (Å²) in [5.74, 6) is -0.941. The summed E-state index contributed by atoms with van der Waals surface area (Å²) in [5, 5.41) is 1.96. The van der Waals surface area contributed by atoms with Gasteiger partial charge in [-0.1, -0.05) is 18.2 Å². The molecule has 0 aliphatic heterocycles. The van der Waals surface area contributed by atoms with Crippen LogP contribution in [0.2, 0.25) is 0 Å². The van der Waals surface area contributed by atoms with Crippen LogP contribution in [0.1, 0.15) is 35.3 Å². The van der Waals surface area contributed by atoms with Crippen LogP contribution in [0.25, 0.3) is 21.8 Å². The van der Waals surface area contributed by atoms with Crippen LogP contribution >= 0.6 is 0 Å². The molecule has 0 saturated carbocycles. The van der Waals surface area contributed by atoms with Gasteiger partial charge < -0.3 is 20.6 Å². The van der Waals surface area contributed by atoms with E-state index in [0.717, 1.165) is 27.4 Å². The van der Waals surface area contributed by atoms with E-state index in [1.807, 2.05) is 41.8 Å². The summed E-state index contributed by atoms with van der Waals surface area (Å²) in [6.45, 7) is 2.74. The maximum Gasteiger partial charge on any atom is 0.250 e. The summed E-state index contributed by atoms with van der Waals surface area (Å²) >= 11 is 0. The summed E-state index contributed by atoms with van der Waals surface area (Å²) in [6.07, 6.45) is 5.14. The minimum atomic E-state index is -0.507. The van der Waals surface area contributed by atoms with Crippen molar-refractivity contribution in [3.63, 3.8) is 0 Å². The lowest BCUT2D eigenvalue weighted by molar-refractivity contribution is -0.118. The second-order valence-corrected chi connectivity index (χ2v) is 6.79. The van der Waals surface area contributed by atoms with E-state index >= 15 is 0 Å². The second kappa shape index (κ2) is 6.84.